The van der Waals surface area contributed by atoms with Crippen LogP contribution < -0.4 is 5.32 Å². The second kappa shape index (κ2) is 4.94. The standard InChI is InChI=1S/C16H19N3S/c1-10(16-11(2)18-19(4)12(16)3)17-14-5-6-15-13(9-14)7-8-20-15/h5-10,17H,1-4H3. The molecule has 0 aliphatic heterocycles. The van der Waals surface area contributed by atoms with Crippen LogP contribution in [-0.4, -0.2) is 9.78 Å². The molecule has 0 saturated heterocycles. The summed E-state index contributed by atoms with van der Waals surface area (Å²) in [6, 6.07) is 8.95. The molecular formula is C16H19N3S. The molecule has 20 heavy (non-hydrogen) atoms. The highest BCUT2D eigenvalue weighted by Gasteiger charge is 2.16. The summed E-state index contributed by atoms with van der Waals surface area (Å²) < 4.78 is 3.28. The van der Waals surface area contributed by atoms with Gasteiger partial charge >= 0.3 is 0 Å². The van der Waals surface area contributed by atoms with Crippen molar-refractivity contribution in [2.24, 2.45) is 7.05 Å². The van der Waals surface area contributed by atoms with Crippen molar-refractivity contribution in [1.29, 1.82) is 0 Å². The molecule has 1 aromatic carbocycles. The van der Waals surface area contributed by atoms with Crippen LogP contribution in [0.15, 0.2) is 29.6 Å². The molecule has 0 aliphatic carbocycles. The highest BCUT2D eigenvalue weighted by Crippen LogP contribution is 2.28. The second-order valence-corrected chi connectivity index (χ2v) is 6.20. The number of anilines is 1. The highest BCUT2D eigenvalue weighted by molar-refractivity contribution is 7.17. The van der Waals surface area contributed by atoms with E-state index in [1.54, 1.807) is 11.3 Å². The van der Waals surface area contributed by atoms with Crippen molar-refractivity contribution in [3.63, 3.8) is 0 Å². The molecule has 4 heteroatoms. The molecule has 3 aromatic rings. The van der Waals surface area contributed by atoms with E-state index in [1.165, 1.54) is 21.3 Å². The molecular weight excluding hydrogens is 266 g/mol. The van der Waals surface area contributed by atoms with Gasteiger partial charge in [0.15, 0.2) is 0 Å². The second-order valence-electron chi connectivity index (χ2n) is 5.25. The van der Waals surface area contributed by atoms with Crippen LogP contribution in [0.25, 0.3) is 10.1 Å². The molecule has 0 amide bonds. The minimum atomic E-state index is 0.250. The third kappa shape index (κ3) is 2.20. The Kier molecular flexibility index (Phi) is 3.26. The number of nitrogens with zero attached hydrogens (tertiary/aromatic N) is 2. The number of rotatable bonds is 3. The maximum Gasteiger partial charge on any atom is 0.0649 e. The van der Waals surface area contributed by atoms with Gasteiger partial charge in [-0.2, -0.15) is 5.10 Å². The monoisotopic (exact) mass is 285 g/mol. The first-order valence-corrected chi connectivity index (χ1v) is 7.68. The largest absolute Gasteiger partial charge is 0.378 e. The maximum atomic E-state index is 4.49. The van der Waals surface area contributed by atoms with Crippen LogP contribution in [0.5, 0.6) is 0 Å². The van der Waals surface area contributed by atoms with E-state index in [4.69, 9.17) is 0 Å². The maximum absolute atomic E-state index is 4.49. The summed E-state index contributed by atoms with van der Waals surface area (Å²) in [4.78, 5) is 0. The molecule has 0 saturated carbocycles. The highest BCUT2D eigenvalue weighted by atomic mass is 32.1. The van der Waals surface area contributed by atoms with Crippen LogP contribution in [0.2, 0.25) is 0 Å². The van der Waals surface area contributed by atoms with Gasteiger partial charge in [0.1, 0.15) is 0 Å². The summed E-state index contributed by atoms with van der Waals surface area (Å²) in [6.07, 6.45) is 0. The molecule has 104 valence electrons. The van der Waals surface area contributed by atoms with E-state index in [0.717, 1.165) is 11.4 Å². The van der Waals surface area contributed by atoms with Crippen LogP contribution in [0.3, 0.4) is 0 Å². The minimum Gasteiger partial charge on any atom is -0.378 e. The summed E-state index contributed by atoms with van der Waals surface area (Å²) in [5.41, 5.74) is 4.77. The van der Waals surface area contributed by atoms with Gasteiger partial charge in [0, 0.05) is 28.7 Å². The molecule has 0 spiro atoms. The zero-order valence-electron chi connectivity index (χ0n) is 12.3. The van der Waals surface area contributed by atoms with E-state index >= 15 is 0 Å². The predicted molar refractivity (Wildman–Crippen MR) is 86.5 cm³/mol. The lowest BCUT2D eigenvalue weighted by molar-refractivity contribution is 0.728. The third-order valence-electron chi connectivity index (χ3n) is 3.83. The van der Waals surface area contributed by atoms with Gasteiger partial charge in [0.05, 0.1) is 11.7 Å². The van der Waals surface area contributed by atoms with Crippen molar-refractivity contribution in [2.45, 2.75) is 26.8 Å². The summed E-state index contributed by atoms with van der Waals surface area (Å²) in [6.45, 7) is 6.38. The first kappa shape index (κ1) is 13.2. The average Bonchev–Trinajstić information content (AvgIpc) is 2.94. The Morgan fingerprint density at radius 2 is 2.05 bits per heavy atom. The van der Waals surface area contributed by atoms with Crippen LogP contribution in [0.4, 0.5) is 5.69 Å². The average molecular weight is 285 g/mol. The van der Waals surface area contributed by atoms with Gasteiger partial charge in [-0.15, -0.1) is 11.3 Å². The Balaban J connectivity index is 1.89. The lowest BCUT2D eigenvalue weighted by atomic mass is 10.1. The molecule has 2 heterocycles. The quantitative estimate of drug-likeness (QED) is 0.771. The molecule has 3 rings (SSSR count). The number of nitrogens with one attached hydrogen (secondary N) is 1. The third-order valence-corrected chi connectivity index (χ3v) is 4.73. The van der Waals surface area contributed by atoms with Gasteiger partial charge in [-0.1, -0.05) is 0 Å². The molecule has 3 nitrogen and oxygen atoms in total. The van der Waals surface area contributed by atoms with Crippen LogP contribution in [0, 0.1) is 13.8 Å². The van der Waals surface area contributed by atoms with E-state index in [-0.39, 0.29) is 6.04 Å². The number of fused-ring (bicyclic) bond motifs is 1. The van der Waals surface area contributed by atoms with Gasteiger partial charge in [0.2, 0.25) is 0 Å². The Bertz CT molecular complexity index is 754. The van der Waals surface area contributed by atoms with E-state index in [0.29, 0.717) is 0 Å². The first-order chi connectivity index (χ1) is 9.56. The molecule has 0 radical (unpaired) electrons. The van der Waals surface area contributed by atoms with E-state index in [9.17, 15) is 0 Å². The normalized spacial score (nSPS) is 12.8. The number of aromatic nitrogens is 2. The minimum absolute atomic E-state index is 0.250. The Hall–Kier alpha value is -1.81. The molecule has 0 fully saturated rings. The summed E-state index contributed by atoms with van der Waals surface area (Å²) in [5, 5.41) is 11.5. The summed E-state index contributed by atoms with van der Waals surface area (Å²) >= 11 is 1.78. The summed E-state index contributed by atoms with van der Waals surface area (Å²) in [5.74, 6) is 0. The summed E-state index contributed by atoms with van der Waals surface area (Å²) in [7, 11) is 2.00. The fraction of sp³-hybridized carbons (Fsp3) is 0.312. The SMILES string of the molecule is Cc1nn(C)c(C)c1C(C)Nc1ccc2sccc2c1. The first-order valence-electron chi connectivity index (χ1n) is 6.80. The van der Waals surface area contributed by atoms with Crippen molar-refractivity contribution >= 4 is 27.1 Å². The molecule has 1 atom stereocenters. The lowest BCUT2D eigenvalue weighted by Gasteiger charge is -2.16. The van der Waals surface area contributed by atoms with Crippen molar-refractivity contribution in [3.8, 4) is 0 Å². The molecule has 0 aliphatic rings. The van der Waals surface area contributed by atoms with Crippen molar-refractivity contribution in [3.05, 3.63) is 46.6 Å². The molecule has 2 aromatic heterocycles. The number of thiophene rings is 1. The van der Waals surface area contributed by atoms with Crippen molar-refractivity contribution in [1.82, 2.24) is 9.78 Å². The number of hydrogen-bond acceptors (Lipinski definition) is 3. The smallest absolute Gasteiger partial charge is 0.0649 e. The zero-order valence-corrected chi connectivity index (χ0v) is 13.1. The van der Waals surface area contributed by atoms with E-state index in [1.807, 2.05) is 11.7 Å². The van der Waals surface area contributed by atoms with Crippen molar-refractivity contribution < 1.29 is 0 Å². The topological polar surface area (TPSA) is 29.9 Å². The van der Waals surface area contributed by atoms with Crippen LogP contribution in [0.1, 0.15) is 29.9 Å². The molecule has 0 bridgehead atoms. The van der Waals surface area contributed by atoms with Gasteiger partial charge in [0.25, 0.3) is 0 Å². The predicted octanol–water partition coefficient (Wildman–Crippen LogP) is 4.42. The Morgan fingerprint density at radius 3 is 2.75 bits per heavy atom. The van der Waals surface area contributed by atoms with Crippen LogP contribution in [-0.2, 0) is 7.05 Å². The molecule has 1 unspecified atom stereocenters. The fourth-order valence-electron chi connectivity index (χ4n) is 2.80. The van der Waals surface area contributed by atoms with Gasteiger partial charge in [-0.3, -0.25) is 4.68 Å². The number of benzene rings is 1. The number of hydrogen-bond donors (Lipinski definition) is 1. The van der Waals surface area contributed by atoms with Gasteiger partial charge in [-0.05, 0) is 55.8 Å². The lowest BCUT2D eigenvalue weighted by Crippen LogP contribution is -2.08. The van der Waals surface area contributed by atoms with Gasteiger partial charge < -0.3 is 5.32 Å². The van der Waals surface area contributed by atoms with Crippen molar-refractivity contribution in [2.75, 3.05) is 5.32 Å². The van der Waals surface area contributed by atoms with E-state index in [2.05, 4.69) is 60.8 Å². The fourth-order valence-corrected chi connectivity index (χ4v) is 3.57. The Morgan fingerprint density at radius 1 is 1.25 bits per heavy atom. The number of aryl methyl sites for hydroxylation is 2. The van der Waals surface area contributed by atoms with Crippen LogP contribution >= 0.6 is 11.3 Å². The molecule has 1 N–H and O–H groups in total. The zero-order chi connectivity index (χ0) is 14.3. The Labute approximate surface area is 123 Å². The van der Waals surface area contributed by atoms with E-state index < -0.39 is 0 Å². The van der Waals surface area contributed by atoms with Gasteiger partial charge in [-0.25, -0.2) is 0 Å².